The van der Waals surface area contributed by atoms with Crippen LogP contribution in [-0.4, -0.2) is 27.0 Å². The zero-order chi connectivity index (χ0) is 23.5. The van der Waals surface area contributed by atoms with Crippen molar-refractivity contribution in [2.24, 2.45) is 4.99 Å². The third kappa shape index (κ3) is 5.03. The fourth-order valence-electron chi connectivity index (χ4n) is 4.49. The van der Waals surface area contributed by atoms with Gasteiger partial charge in [-0.3, -0.25) is 9.69 Å². The average Bonchev–Trinajstić information content (AvgIpc) is 3.45. The van der Waals surface area contributed by atoms with Gasteiger partial charge in [-0.15, -0.1) is 11.3 Å². The Labute approximate surface area is 209 Å². The molecule has 6 heteroatoms. The summed E-state index contributed by atoms with van der Waals surface area (Å²) in [6.45, 7) is 4.38. The molecule has 3 aromatic rings. The Morgan fingerprint density at radius 2 is 1.76 bits per heavy atom. The first-order valence-corrected chi connectivity index (χ1v) is 13.7. The summed E-state index contributed by atoms with van der Waals surface area (Å²) < 4.78 is 0. The Morgan fingerprint density at radius 3 is 2.47 bits per heavy atom. The molecular weight excluding hydrogens is 458 g/mol. The Hall–Kier alpha value is -2.70. The molecule has 0 bridgehead atoms. The molecule has 34 heavy (non-hydrogen) atoms. The molecule has 2 aromatic carbocycles. The average molecular weight is 488 g/mol. The van der Waals surface area contributed by atoms with Crippen molar-refractivity contribution in [2.45, 2.75) is 57.9 Å². The molecule has 0 spiro atoms. The van der Waals surface area contributed by atoms with Gasteiger partial charge in [0.15, 0.2) is 5.17 Å². The van der Waals surface area contributed by atoms with Gasteiger partial charge in [-0.05, 0) is 47.7 Å². The van der Waals surface area contributed by atoms with Gasteiger partial charge in [0.05, 0.1) is 10.6 Å². The molecule has 1 aromatic heterocycles. The zero-order valence-corrected chi connectivity index (χ0v) is 21.2. The van der Waals surface area contributed by atoms with Crippen LogP contribution in [0.2, 0.25) is 0 Å². The lowest BCUT2D eigenvalue weighted by molar-refractivity contribution is -0.124. The number of aromatic nitrogens is 1. The van der Waals surface area contributed by atoms with E-state index in [0.717, 1.165) is 52.6 Å². The third-order valence-corrected chi connectivity index (χ3v) is 8.15. The molecule has 0 unspecified atom stereocenters. The van der Waals surface area contributed by atoms with Gasteiger partial charge in [-0.2, -0.15) is 4.99 Å². The lowest BCUT2D eigenvalue weighted by Gasteiger charge is -2.30. The molecule has 4 nitrogen and oxygen atoms in total. The second-order valence-corrected chi connectivity index (χ2v) is 11.0. The van der Waals surface area contributed by atoms with Gasteiger partial charge in [-0.25, -0.2) is 4.98 Å². The van der Waals surface area contributed by atoms with Gasteiger partial charge >= 0.3 is 0 Å². The van der Waals surface area contributed by atoms with Gasteiger partial charge < -0.3 is 0 Å². The summed E-state index contributed by atoms with van der Waals surface area (Å²) in [6, 6.07) is 18.9. The van der Waals surface area contributed by atoms with Gasteiger partial charge in [0.25, 0.3) is 5.91 Å². The van der Waals surface area contributed by atoms with E-state index in [1.165, 1.54) is 35.1 Å². The SMILES string of the molecule is CC(C)c1ccc(/C=C2\S/C(=N/c3nc(-c4ccccc4)cs3)N(C3CCCCC3)C2=O)cc1. The number of carbonyl (C=O) groups is 1. The number of hydrogen-bond donors (Lipinski definition) is 0. The summed E-state index contributed by atoms with van der Waals surface area (Å²) in [4.78, 5) is 25.9. The zero-order valence-electron chi connectivity index (χ0n) is 19.6. The Morgan fingerprint density at radius 1 is 1.03 bits per heavy atom. The molecule has 0 N–H and O–H groups in total. The third-order valence-electron chi connectivity index (χ3n) is 6.43. The van der Waals surface area contributed by atoms with E-state index in [2.05, 4.69) is 50.2 Å². The molecule has 5 rings (SSSR count). The van der Waals surface area contributed by atoms with Crippen LogP contribution in [0.3, 0.4) is 0 Å². The Balaban J connectivity index is 1.46. The van der Waals surface area contributed by atoms with Crippen molar-refractivity contribution >= 4 is 45.4 Å². The van der Waals surface area contributed by atoms with Crippen molar-refractivity contribution < 1.29 is 4.79 Å². The van der Waals surface area contributed by atoms with Crippen LogP contribution in [0.4, 0.5) is 5.13 Å². The van der Waals surface area contributed by atoms with E-state index in [1.807, 2.05) is 34.6 Å². The Kier molecular flexibility index (Phi) is 6.97. The molecule has 1 aliphatic heterocycles. The number of amidine groups is 1. The minimum Gasteiger partial charge on any atom is -0.283 e. The molecular formula is C28H29N3OS2. The molecule has 1 saturated heterocycles. The minimum absolute atomic E-state index is 0.0726. The lowest BCUT2D eigenvalue weighted by Crippen LogP contribution is -2.40. The highest BCUT2D eigenvalue weighted by Crippen LogP contribution is 2.39. The van der Waals surface area contributed by atoms with E-state index in [-0.39, 0.29) is 11.9 Å². The van der Waals surface area contributed by atoms with Crippen LogP contribution < -0.4 is 0 Å². The van der Waals surface area contributed by atoms with E-state index >= 15 is 0 Å². The fourth-order valence-corrected chi connectivity index (χ4v) is 6.29. The number of aliphatic imine (C=N–C) groups is 1. The van der Waals surface area contributed by atoms with Crippen molar-refractivity contribution in [1.82, 2.24) is 9.88 Å². The van der Waals surface area contributed by atoms with Crippen LogP contribution in [-0.2, 0) is 4.79 Å². The largest absolute Gasteiger partial charge is 0.283 e. The second-order valence-electron chi connectivity index (χ2n) is 9.17. The quantitative estimate of drug-likeness (QED) is 0.344. The van der Waals surface area contributed by atoms with Crippen LogP contribution in [0, 0.1) is 0 Å². The smallest absolute Gasteiger partial charge is 0.267 e. The number of benzene rings is 2. The van der Waals surface area contributed by atoms with E-state index in [0.29, 0.717) is 11.0 Å². The first-order valence-electron chi connectivity index (χ1n) is 12.0. The summed E-state index contributed by atoms with van der Waals surface area (Å²) in [6.07, 6.45) is 7.65. The summed E-state index contributed by atoms with van der Waals surface area (Å²) in [5.74, 6) is 0.562. The van der Waals surface area contributed by atoms with Gasteiger partial charge in [-0.1, -0.05) is 87.7 Å². The number of rotatable bonds is 5. The van der Waals surface area contributed by atoms with Crippen LogP contribution >= 0.6 is 23.1 Å². The van der Waals surface area contributed by atoms with E-state index in [9.17, 15) is 4.79 Å². The van der Waals surface area contributed by atoms with E-state index in [1.54, 1.807) is 0 Å². The maximum atomic E-state index is 13.6. The summed E-state index contributed by atoms with van der Waals surface area (Å²) in [7, 11) is 0. The van der Waals surface area contributed by atoms with Crippen molar-refractivity contribution in [3.8, 4) is 11.3 Å². The number of amides is 1. The molecule has 174 valence electrons. The molecule has 1 aliphatic carbocycles. The van der Waals surface area contributed by atoms with Crippen molar-refractivity contribution in [3.05, 3.63) is 76.0 Å². The summed E-state index contributed by atoms with van der Waals surface area (Å²) in [5.41, 5.74) is 4.35. The molecule has 1 saturated carbocycles. The number of carbonyl (C=O) groups excluding carboxylic acids is 1. The molecule has 2 heterocycles. The fraction of sp³-hybridized carbons (Fsp3) is 0.321. The minimum atomic E-state index is 0.0726. The summed E-state index contributed by atoms with van der Waals surface area (Å²) >= 11 is 3.00. The van der Waals surface area contributed by atoms with Crippen LogP contribution in [0.1, 0.15) is 63.0 Å². The van der Waals surface area contributed by atoms with Crippen LogP contribution in [0.5, 0.6) is 0 Å². The molecule has 0 atom stereocenters. The van der Waals surface area contributed by atoms with Gasteiger partial charge in [0, 0.05) is 17.0 Å². The van der Waals surface area contributed by atoms with Crippen molar-refractivity contribution in [3.63, 3.8) is 0 Å². The standard InChI is InChI=1S/C28H29N3OS2/c1-19(2)21-15-13-20(14-16-21)17-25-26(32)31(23-11-7-4-8-12-23)28(34-25)30-27-29-24(18-33-27)22-9-5-3-6-10-22/h3,5-6,9-10,13-19,23H,4,7-8,11-12H2,1-2H3/b25-17-,30-28+. The first-order chi connectivity index (χ1) is 16.6. The lowest BCUT2D eigenvalue weighted by atomic mass is 9.94. The number of thiazole rings is 1. The Bertz CT molecular complexity index is 1210. The highest BCUT2D eigenvalue weighted by atomic mass is 32.2. The maximum absolute atomic E-state index is 13.6. The predicted molar refractivity (Wildman–Crippen MR) is 144 cm³/mol. The van der Waals surface area contributed by atoms with Crippen LogP contribution in [0.15, 0.2) is 69.9 Å². The topological polar surface area (TPSA) is 45.6 Å². The number of nitrogens with zero attached hydrogens (tertiary/aromatic N) is 3. The second kappa shape index (κ2) is 10.3. The van der Waals surface area contributed by atoms with Gasteiger partial charge in [0.2, 0.25) is 5.13 Å². The monoisotopic (exact) mass is 487 g/mol. The predicted octanol–water partition coefficient (Wildman–Crippen LogP) is 7.87. The van der Waals surface area contributed by atoms with Gasteiger partial charge in [0.1, 0.15) is 0 Å². The highest BCUT2D eigenvalue weighted by molar-refractivity contribution is 8.18. The number of hydrogen-bond acceptors (Lipinski definition) is 5. The number of thioether (sulfide) groups is 1. The van der Waals surface area contributed by atoms with E-state index < -0.39 is 0 Å². The van der Waals surface area contributed by atoms with Crippen molar-refractivity contribution in [1.29, 1.82) is 0 Å². The first kappa shape index (κ1) is 23.1. The maximum Gasteiger partial charge on any atom is 0.267 e. The van der Waals surface area contributed by atoms with Crippen molar-refractivity contribution in [2.75, 3.05) is 0 Å². The molecule has 2 aliphatic rings. The van der Waals surface area contributed by atoms with Crippen LogP contribution in [0.25, 0.3) is 17.3 Å². The highest BCUT2D eigenvalue weighted by Gasteiger charge is 2.38. The molecule has 1 amide bonds. The summed E-state index contributed by atoms with van der Waals surface area (Å²) in [5, 5.41) is 3.49. The normalized spacial score (nSPS) is 19.6. The molecule has 2 fully saturated rings. The van der Waals surface area contributed by atoms with E-state index in [4.69, 9.17) is 9.98 Å². The molecule has 0 radical (unpaired) electrons.